The summed E-state index contributed by atoms with van der Waals surface area (Å²) in [5, 5.41) is 6.30. The summed E-state index contributed by atoms with van der Waals surface area (Å²) in [6.45, 7) is 17.8. The summed E-state index contributed by atoms with van der Waals surface area (Å²) < 4.78 is 5.53. The lowest BCUT2D eigenvalue weighted by Crippen LogP contribution is -2.53. The molecule has 2 aromatic carbocycles. The number of carbonyl (C=O) groups is 3. The predicted molar refractivity (Wildman–Crippen MR) is 181 cm³/mol. The van der Waals surface area contributed by atoms with Crippen LogP contribution in [0.5, 0.6) is 0 Å². The summed E-state index contributed by atoms with van der Waals surface area (Å²) in [5.74, 6) is -0.564. The van der Waals surface area contributed by atoms with Crippen LogP contribution in [0.3, 0.4) is 0 Å². The highest BCUT2D eigenvalue weighted by Gasteiger charge is 2.37. The van der Waals surface area contributed by atoms with E-state index in [-0.39, 0.29) is 17.7 Å². The maximum atomic E-state index is 14.6. The molecule has 0 aliphatic carbocycles. The Labute approximate surface area is 270 Å². The average molecular weight is 628 g/mol. The number of nitrogens with one attached hydrogen (secondary N) is 2. The van der Waals surface area contributed by atoms with Crippen LogP contribution in [0.2, 0.25) is 5.02 Å². The Morgan fingerprint density at radius 2 is 1.57 bits per heavy atom. The third kappa shape index (κ3) is 11.8. The standard InChI is InChI=1S/C36H54ClN3O4/c1-10-11-12-13-14-15-21-40(34(42)30(22-24(2)3)38-35(43)44-36(7,8)9)32(28-20-19-25(4)27(6)23-28)33(41)39-31-26(5)17-16-18-29(31)37/h16-20,23-24,30,32H,10-15,21-22H2,1-9H3,(H,38,43)(H,39,41). The fourth-order valence-corrected chi connectivity index (χ4v) is 5.43. The van der Waals surface area contributed by atoms with E-state index in [0.29, 0.717) is 29.2 Å². The van der Waals surface area contributed by atoms with Crippen molar-refractivity contribution in [1.82, 2.24) is 10.2 Å². The van der Waals surface area contributed by atoms with Gasteiger partial charge in [0.15, 0.2) is 0 Å². The molecule has 244 valence electrons. The lowest BCUT2D eigenvalue weighted by Gasteiger charge is -2.35. The fourth-order valence-electron chi connectivity index (χ4n) is 5.16. The molecule has 0 saturated carbocycles. The first-order chi connectivity index (χ1) is 20.6. The van der Waals surface area contributed by atoms with Gasteiger partial charge in [-0.2, -0.15) is 0 Å². The van der Waals surface area contributed by atoms with E-state index in [9.17, 15) is 14.4 Å². The molecule has 2 unspecified atom stereocenters. The van der Waals surface area contributed by atoms with E-state index < -0.39 is 23.8 Å². The van der Waals surface area contributed by atoms with Crippen LogP contribution in [0, 0.1) is 26.7 Å². The van der Waals surface area contributed by atoms with Gasteiger partial charge in [0.05, 0.1) is 10.7 Å². The van der Waals surface area contributed by atoms with Crippen LogP contribution in [0.25, 0.3) is 0 Å². The first-order valence-electron chi connectivity index (χ1n) is 16.1. The van der Waals surface area contributed by atoms with Gasteiger partial charge >= 0.3 is 6.09 Å². The van der Waals surface area contributed by atoms with Gasteiger partial charge in [0.25, 0.3) is 5.91 Å². The minimum atomic E-state index is -0.941. The number of hydrogen-bond donors (Lipinski definition) is 2. The summed E-state index contributed by atoms with van der Waals surface area (Å²) in [7, 11) is 0. The SMILES string of the molecule is CCCCCCCCN(C(=O)C(CC(C)C)NC(=O)OC(C)(C)C)C(C(=O)Nc1c(C)cccc1Cl)c1ccc(C)c(C)c1. The number of alkyl carbamates (subject to hydrolysis) is 1. The second kappa shape index (κ2) is 17.4. The number of anilines is 1. The van der Waals surface area contributed by atoms with Crippen LogP contribution in [0.15, 0.2) is 36.4 Å². The van der Waals surface area contributed by atoms with Gasteiger partial charge in [-0.15, -0.1) is 0 Å². The zero-order chi connectivity index (χ0) is 33.0. The van der Waals surface area contributed by atoms with E-state index in [1.807, 2.05) is 65.0 Å². The van der Waals surface area contributed by atoms with Gasteiger partial charge in [-0.05, 0) is 88.6 Å². The monoisotopic (exact) mass is 627 g/mol. The summed E-state index contributed by atoms with van der Waals surface area (Å²) >= 11 is 6.52. The maximum Gasteiger partial charge on any atom is 0.408 e. The number of rotatable bonds is 15. The zero-order valence-corrected chi connectivity index (χ0v) is 29.1. The highest BCUT2D eigenvalue weighted by atomic mass is 35.5. The molecule has 7 nitrogen and oxygen atoms in total. The number of para-hydroxylation sites is 1. The predicted octanol–water partition coefficient (Wildman–Crippen LogP) is 9.07. The smallest absolute Gasteiger partial charge is 0.408 e. The number of nitrogens with zero attached hydrogens (tertiary/aromatic N) is 1. The number of amides is 3. The minimum absolute atomic E-state index is 0.106. The second-order valence-electron chi connectivity index (χ2n) is 13.3. The Morgan fingerprint density at radius 3 is 2.16 bits per heavy atom. The number of ether oxygens (including phenoxy) is 1. The molecule has 2 atom stereocenters. The van der Waals surface area contributed by atoms with E-state index in [1.54, 1.807) is 31.7 Å². The maximum absolute atomic E-state index is 14.6. The summed E-state index contributed by atoms with van der Waals surface area (Å²) in [4.78, 5) is 43.4. The number of halogens is 1. The van der Waals surface area contributed by atoms with Crippen LogP contribution in [0.4, 0.5) is 10.5 Å². The van der Waals surface area contributed by atoms with E-state index in [2.05, 4.69) is 17.6 Å². The minimum Gasteiger partial charge on any atom is -0.444 e. The van der Waals surface area contributed by atoms with Crippen molar-refractivity contribution in [3.8, 4) is 0 Å². The van der Waals surface area contributed by atoms with Crippen molar-refractivity contribution in [2.45, 2.75) is 125 Å². The lowest BCUT2D eigenvalue weighted by molar-refractivity contribution is -0.141. The largest absolute Gasteiger partial charge is 0.444 e. The summed E-state index contributed by atoms with van der Waals surface area (Å²) in [6.07, 6.45) is 5.91. The van der Waals surface area contributed by atoms with Crippen molar-refractivity contribution in [3.63, 3.8) is 0 Å². The molecule has 2 aromatic rings. The van der Waals surface area contributed by atoms with Crippen molar-refractivity contribution >= 4 is 35.2 Å². The third-order valence-corrected chi connectivity index (χ3v) is 7.92. The van der Waals surface area contributed by atoms with Crippen LogP contribution < -0.4 is 10.6 Å². The molecular weight excluding hydrogens is 574 g/mol. The fraction of sp³-hybridized carbons (Fsp3) is 0.583. The lowest BCUT2D eigenvalue weighted by atomic mass is 9.96. The molecular formula is C36H54ClN3O4. The first-order valence-corrected chi connectivity index (χ1v) is 16.5. The molecule has 0 aromatic heterocycles. The first kappa shape index (κ1) is 37.1. The van der Waals surface area contributed by atoms with E-state index in [0.717, 1.165) is 48.8 Å². The van der Waals surface area contributed by atoms with E-state index in [4.69, 9.17) is 16.3 Å². The van der Waals surface area contributed by atoms with Gasteiger partial charge in [-0.1, -0.05) is 94.8 Å². The molecule has 0 bridgehead atoms. The van der Waals surface area contributed by atoms with Gasteiger partial charge in [0, 0.05) is 6.54 Å². The van der Waals surface area contributed by atoms with E-state index >= 15 is 0 Å². The molecule has 2 rings (SSSR count). The molecule has 0 aliphatic heterocycles. The molecule has 0 aliphatic rings. The summed E-state index contributed by atoms with van der Waals surface area (Å²) in [5.41, 5.74) is 3.44. The van der Waals surface area contributed by atoms with Gasteiger partial charge in [0.2, 0.25) is 5.91 Å². The Balaban J connectivity index is 2.60. The molecule has 0 spiro atoms. The highest BCUT2D eigenvalue weighted by molar-refractivity contribution is 6.34. The Kier molecular flexibility index (Phi) is 14.7. The van der Waals surface area contributed by atoms with Crippen molar-refractivity contribution in [1.29, 1.82) is 0 Å². The Morgan fingerprint density at radius 1 is 0.909 bits per heavy atom. The zero-order valence-electron chi connectivity index (χ0n) is 28.3. The molecule has 0 fully saturated rings. The quantitative estimate of drug-likeness (QED) is 0.193. The number of aryl methyl sites for hydroxylation is 3. The topological polar surface area (TPSA) is 87.7 Å². The van der Waals surface area contributed by atoms with E-state index in [1.165, 1.54) is 6.42 Å². The van der Waals surface area contributed by atoms with Crippen molar-refractivity contribution in [3.05, 3.63) is 63.7 Å². The average Bonchev–Trinajstić information content (AvgIpc) is 2.91. The molecule has 0 heterocycles. The van der Waals surface area contributed by atoms with Gasteiger partial charge in [-0.25, -0.2) is 4.79 Å². The molecule has 8 heteroatoms. The van der Waals surface area contributed by atoms with Crippen LogP contribution in [0.1, 0.15) is 115 Å². The van der Waals surface area contributed by atoms with Crippen molar-refractivity contribution < 1.29 is 19.1 Å². The normalized spacial score (nSPS) is 12.9. The van der Waals surface area contributed by atoms with Gasteiger partial charge in [-0.3, -0.25) is 9.59 Å². The Hall–Kier alpha value is -3.06. The number of unbranched alkanes of at least 4 members (excludes halogenated alkanes) is 5. The van der Waals surface area contributed by atoms with Gasteiger partial charge in [0.1, 0.15) is 17.7 Å². The number of benzene rings is 2. The molecule has 0 saturated heterocycles. The molecule has 44 heavy (non-hydrogen) atoms. The molecule has 2 N–H and O–H groups in total. The highest BCUT2D eigenvalue weighted by Crippen LogP contribution is 2.31. The molecule has 0 radical (unpaired) electrons. The molecule has 3 amide bonds. The number of hydrogen-bond acceptors (Lipinski definition) is 4. The van der Waals surface area contributed by atoms with Crippen molar-refractivity contribution in [2.24, 2.45) is 5.92 Å². The Bertz CT molecular complexity index is 1230. The second-order valence-corrected chi connectivity index (χ2v) is 13.7. The van der Waals surface area contributed by atoms with Crippen LogP contribution >= 0.6 is 11.6 Å². The van der Waals surface area contributed by atoms with Crippen LogP contribution in [-0.2, 0) is 14.3 Å². The van der Waals surface area contributed by atoms with Crippen LogP contribution in [-0.4, -0.2) is 41.0 Å². The number of carbonyl (C=O) groups excluding carboxylic acids is 3. The van der Waals surface area contributed by atoms with Gasteiger partial charge < -0.3 is 20.3 Å². The third-order valence-electron chi connectivity index (χ3n) is 7.61. The summed E-state index contributed by atoms with van der Waals surface area (Å²) in [6, 6.07) is 9.50. The van der Waals surface area contributed by atoms with Crippen molar-refractivity contribution in [2.75, 3.05) is 11.9 Å².